The average molecular weight is 403 g/mol. The molecule has 1 N–H and O–H groups in total. The van der Waals surface area contributed by atoms with E-state index in [-0.39, 0.29) is 17.4 Å². The van der Waals surface area contributed by atoms with Gasteiger partial charge in [-0.25, -0.2) is 0 Å². The van der Waals surface area contributed by atoms with Gasteiger partial charge in [0.25, 0.3) is 0 Å². The van der Waals surface area contributed by atoms with E-state index in [2.05, 4.69) is 34.6 Å². The van der Waals surface area contributed by atoms with Crippen LogP contribution >= 0.6 is 0 Å². The van der Waals surface area contributed by atoms with Crippen LogP contribution in [0.1, 0.15) is 86.0 Å². The van der Waals surface area contributed by atoms with Crippen molar-refractivity contribution in [1.82, 2.24) is 0 Å². The summed E-state index contributed by atoms with van der Waals surface area (Å²) in [5.74, 6) is 2.98. The molecule has 3 fully saturated rings. The van der Waals surface area contributed by atoms with Gasteiger partial charge in [-0.15, -0.1) is 0 Å². The third-order valence-corrected chi connectivity index (χ3v) is 9.70. The molecule has 0 unspecified atom stereocenters. The number of hydrogen-bond donors (Lipinski definition) is 1. The maximum atomic E-state index is 13.4. The fourth-order valence-corrected chi connectivity index (χ4v) is 8.05. The summed E-state index contributed by atoms with van der Waals surface area (Å²) in [5, 5.41) is 10.2. The zero-order valence-corrected chi connectivity index (χ0v) is 19.2. The van der Waals surface area contributed by atoms with Gasteiger partial charge >= 0.3 is 0 Å². The summed E-state index contributed by atoms with van der Waals surface area (Å²) in [6, 6.07) is 0. The number of rotatable bonds is 5. The van der Waals surface area contributed by atoms with E-state index in [4.69, 9.17) is 4.74 Å². The van der Waals surface area contributed by atoms with Crippen LogP contribution in [0.15, 0.2) is 11.6 Å². The standard InChI is InChI=1S/C26H42O3/c1-16(2)29-13-10-17(3)20-6-7-21-24-22(9-12-26(20,21)5)25(4)11-8-19(27)14-18(25)15-23(24)28/h15-17,19-22,24,27H,6-14H2,1-5H3/t17-,19+,20-,21+,22+,24+,25+,26-/m1/s1. The van der Waals surface area contributed by atoms with Crippen molar-refractivity contribution in [3.63, 3.8) is 0 Å². The number of aliphatic hydroxyl groups is 1. The van der Waals surface area contributed by atoms with E-state index in [1.807, 2.05) is 6.08 Å². The molecule has 164 valence electrons. The molecular weight excluding hydrogens is 360 g/mol. The number of aliphatic hydroxyl groups excluding tert-OH is 1. The molecule has 3 saturated carbocycles. The maximum Gasteiger partial charge on any atom is 0.159 e. The predicted octanol–water partition coefficient (Wildman–Crippen LogP) is 5.56. The molecule has 0 radical (unpaired) electrons. The zero-order valence-electron chi connectivity index (χ0n) is 19.2. The molecule has 4 aliphatic rings. The second-order valence-electron chi connectivity index (χ2n) is 11.5. The number of carbonyl (C=O) groups excluding carboxylic acids is 1. The maximum absolute atomic E-state index is 13.4. The average Bonchev–Trinajstić information content (AvgIpc) is 3.00. The third kappa shape index (κ3) is 3.55. The van der Waals surface area contributed by atoms with Crippen molar-refractivity contribution in [2.45, 2.75) is 98.2 Å². The molecule has 3 heteroatoms. The van der Waals surface area contributed by atoms with E-state index in [1.165, 1.54) is 31.3 Å². The normalized spacial score (nSPS) is 45.4. The Morgan fingerprint density at radius 1 is 1.10 bits per heavy atom. The molecule has 0 heterocycles. The Morgan fingerprint density at radius 2 is 1.86 bits per heavy atom. The second kappa shape index (κ2) is 7.79. The molecule has 0 aromatic rings. The van der Waals surface area contributed by atoms with E-state index in [0.717, 1.165) is 25.9 Å². The molecule has 3 nitrogen and oxygen atoms in total. The number of carbonyl (C=O) groups is 1. The first-order chi connectivity index (χ1) is 13.7. The molecule has 29 heavy (non-hydrogen) atoms. The monoisotopic (exact) mass is 402 g/mol. The summed E-state index contributed by atoms with van der Waals surface area (Å²) in [6.45, 7) is 12.4. The van der Waals surface area contributed by atoms with Gasteiger partial charge < -0.3 is 9.84 Å². The van der Waals surface area contributed by atoms with E-state index in [0.29, 0.717) is 47.4 Å². The molecular formula is C26H42O3. The summed E-state index contributed by atoms with van der Waals surface area (Å²) < 4.78 is 5.84. The molecule has 4 aliphatic carbocycles. The van der Waals surface area contributed by atoms with Gasteiger partial charge in [0.2, 0.25) is 0 Å². The molecule has 0 aliphatic heterocycles. The highest BCUT2D eigenvalue weighted by atomic mass is 16.5. The Bertz CT molecular complexity index is 667. The lowest BCUT2D eigenvalue weighted by atomic mass is 9.46. The van der Waals surface area contributed by atoms with Crippen molar-refractivity contribution >= 4 is 5.78 Å². The van der Waals surface area contributed by atoms with Crippen LogP contribution in [0.5, 0.6) is 0 Å². The van der Waals surface area contributed by atoms with E-state index >= 15 is 0 Å². The number of allylic oxidation sites excluding steroid dienone is 1. The molecule has 0 spiro atoms. The van der Waals surface area contributed by atoms with Crippen molar-refractivity contribution in [1.29, 1.82) is 0 Å². The fraction of sp³-hybridized carbons (Fsp3) is 0.885. The van der Waals surface area contributed by atoms with Gasteiger partial charge in [0.15, 0.2) is 5.78 Å². The summed E-state index contributed by atoms with van der Waals surface area (Å²) >= 11 is 0. The van der Waals surface area contributed by atoms with Gasteiger partial charge in [-0.2, -0.15) is 0 Å². The second-order valence-corrected chi connectivity index (χ2v) is 11.5. The first kappa shape index (κ1) is 21.6. The minimum Gasteiger partial charge on any atom is -0.393 e. The third-order valence-electron chi connectivity index (χ3n) is 9.70. The molecule has 0 saturated heterocycles. The SMILES string of the molecule is CC(C)OCC[C@@H](C)[C@H]1CC[C@H]2[C@@H]3C(=O)C=C4C[C@@H](O)CC[C@]4(C)[C@H]3CC[C@]12C. The molecule has 4 rings (SSSR count). The van der Waals surface area contributed by atoms with Gasteiger partial charge in [-0.3, -0.25) is 4.79 Å². The van der Waals surface area contributed by atoms with Crippen LogP contribution in [0.25, 0.3) is 0 Å². The fourth-order valence-electron chi connectivity index (χ4n) is 8.05. The zero-order chi connectivity index (χ0) is 21.0. The quantitative estimate of drug-likeness (QED) is 0.655. The Morgan fingerprint density at radius 3 is 2.59 bits per heavy atom. The lowest BCUT2D eigenvalue weighted by molar-refractivity contribution is -0.135. The van der Waals surface area contributed by atoms with Crippen molar-refractivity contribution in [2.24, 2.45) is 40.4 Å². The smallest absolute Gasteiger partial charge is 0.159 e. The van der Waals surface area contributed by atoms with Crippen LogP contribution < -0.4 is 0 Å². The number of hydrogen-bond acceptors (Lipinski definition) is 3. The lowest BCUT2D eigenvalue weighted by Gasteiger charge is -2.57. The number of ketones is 1. The molecule has 0 amide bonds. The van der Waals surface area contributed by atoms with Crippen LogP contribution in [-0.2, 0) is 9.53 Å². The van der Waals surface area contributed by atoms with Gasteiger partial charge in [-0.05, 0) is 106 Å². The summed E-state index contributed by atoms with van der Waals surface area (Å²) in [4.78, 5) is 13.4. The van der Waals surface area contributed by atoms with Crippen molar-refractivity contribution < 1.29 is 14.6 Å². The molecule has 8 atom stereocenters. The van der Waals surface area contributed by atoms with Crippen LogP contribution in [-0.4, -0.2) is 29.7 Å². The molecule has 0 aromatic heterocycles. The Kier molecular flexibility index (Phi) is 5.79. The van der Waals surface area contributed by atoms with Gasteiger partial charge in [0, 0.05) is 12.5 Å². The first-order valence-electron chi connectivity index (χ1n) is 12.2. The minimum absolute atomic E-state index is 0.133. The lowest BCUT2D eigenvalue weighted by Crippen LogP contribution is -2.53. The largest absolute Gasteiger partial charge is 0.393 e. The Hall–Kier alpha value is -0.670. The topological polar surface area (TPSA) is 46.5 Å². The van der Waals surface area contributed by atoms with Crippen molar-refractivity contribution in [2.75, 3.05) is 6.61 Å². The molecule has 0 aromatic carbocycles. The highest BCUT2D eigenvalue weighted by Crippen LogP contribution is 2.66. The van der Waals surface area contributed by atoms with E-state index in [9.17, 15) is 9.90 Å². The summed E-state index contributed by atoms with van der Waals surface area (Å²) in [7, 11) is 0. The first-order valence-corrected chi connectivity index (χ1v) is 12.2. The van der Waals surface area contributed by atoms with Gasteiger partial charge in [-0.1, -0.05) is 26.3 Å². The number of fused-ring (bicyclic) bond motifs is 5. The van der Waals surface area contributed by atoms with Crippen LogP contribution in [0.4, 0.5) is 0 Å². The van der Waals surface area contributed by atoms with Crippen LogP contribution in [0.2, 0.25) is 0 Å². The molecule has 0 bridgehead atoms. The highest BCUT2D eigenvalue weighted by Gasteiger charge is 2.61. The summed E-state index contributed by atoms with van der Waals surface area (Å²) in [5.41, 5.74) is 1.68. The Labute approximate surface area is 177 Å². The minimum atomic E-state index is -0.253. The highest BCUT2D eigenvalue weighted by molar-refractivity contribution is 5.94. The summed E-state index contributed by atoms with van der Waals surface area (Å²) in [6.07, 6.45) is 10.7. The van der Waals surface area contributed by atoms with Gasteiger partial charge in [0.1, 0.15) is 0 Å². The Balaban J connectivity index is 1.54. The van der Waals surface area contributed by atoms with Crippen LogP contribution in [0, 0.1) is 40.4 Å². The van der Waals surface area contributed by atoms with Gasteiger partial charge in [0.05, 0.1) is 12.2 Å². The van der Waals surface area contributed by atoms with E-state index < -0.39 is 0 Å². The van der Waals surface area contributed by atoms with Crippen molar-refractivity contribution in [3.05, 3.63) is 11.6 Å². The van der Waals surface area contributed by atoms with Crippen LogP contribution in [0.3, 0.4) is 0 Å². The predicted molar refractivity (Wildman–Crippen MR) is 116 cm³/mol. The van der Waals surface area contributed by atoms with Crippen molar-refractivity contribution in [3.8, 4) is 0 Å². The van der Waals surface area contributed by atoms with E-state index in [1.54, 1.807) is 0 Å². The number of ether oxygens (including phenoxy) is 1.